The van der Waals surface area contributed by atoms with E-state index in [0.717, 1.165) is 31.5 Å². The molecule has 2 rings (SSSR count). The minimum absolute atomic E-state index is 0.234. The average molecular weight is 311 g/mol. The van der Waals surface area contributed by atoms with Gasteiger partial charge in [0.1, 0.15) is 0 Å². The van der Waals surface area contributed by atoms with Gasteiger partial charge in [-0.15, -0.1) is 0 Å². The van der Waals surface area contributed by atoms with Crippen LogP contribution in [0, 0.1) is 23.7 Å². The first-order chi connectivity index (χ1) is 10.5. The van der Waals surface area contributed by atoms with Crippen molar-refractivity contribution in [3.05, 3.63) is 0 Å². The monoisotopic (exact) mass is 310 g/mol. The molecule has 0 heterocycles. The van der Waals surface area contributed by atoms with Gasteiger partial charge in [0.05, 0.1) is 5.66 Å². The average Bonchev–Trinajstić information content (AvgIpc) is 2.55. The molecule has 4 heteroatoms. The first-order valence-electron chi connectivity index (χ1n) is 9.49. The largest absolute Gasteiger partial charge is 0.330 e. The van der Waals surface area contributed by atoms with Gasteiger partial charge in [0.15, 0.2) is 0 Å². The minimum Gasteiger partial charge on any atom is -0.330 e. The first kappa shape index (κ1) is 18.2. The van der Waals surface area contributed by atoms with Gasteiger partial charge in [-0.05, 0) is 88.8 Å². The molecule has 0 aliphatic heterocycles. The summed E-state index contributed by atoms with van der Waals surface area (Å²) in [5.74, 6) is 2.89. The lowest BCUT2D eigenvalue weighted by Crippen LogP contribution is -2.58. The predicted octanol–water partition coefficient (Wildman–Crippen LogP) is 2.17. The van der Waals surface area contributed by atoms with E-state index in [1.54, 1.807) is 0 Å². The van der Waals surface area contributed by atoms with Gasteiger partial charge in [-0.1, -0.05) is 19.3 Å². The number of hydrogen-bond acceptors (Lipinski definition) is 4. The zero-order valence-electron chi connectivity index (χ0n) is 14.5. The summed E-state index contributed by atoms with van der Waals surface area (Å²) in [5, 5.41) is 3.66. The Morgan fingerprint density at radius 1 is 0.909 bits per heavy atom. The Morgan fingerprint density at radius 3 is 2.18 bits per heavy atom. The fourth-order valence-corrected chi connectivity index (χ4v) is 4.50. The first-order valence-corrected chi connectivity index (χ1v) is 9.49. The topological polar surface area (TPSA) is 90.1 Å². The highest BCUT2D eigenvalue weighted by Crippen LogP contribution is 2.34. The summed E-state index contributed by atoms with van der Waals surface area (Å²) >= 11 is 0. The molecule has 0 radical (unpaired) electrons. The molecule has 2 aliphatic carbocycles. The van der Waals surface area contributed by atoms with Crippen LogP contribution in [-0.4, -0.2) is 25.3 Å². The zero-order chi connectivity index (χ0) is 16.0. The van der Waals surface area contributed by atoms with E-state index in [4.69, 9.17) is 17.2 Å². The molecule has 0 aromatic heterocycles. The highest BCUT2D eigenvalue weighted by Gasteiger charge is 2.33. The van der Waals surface area contributed by atoms with E-state index in [0.29, 0.717) is 11.8 Å². The molecule has 2 aliphatic rings. The van der Waals surface area contributed by atoms with Crippen LogP contribution in [0.15, 0.2) is 0 Å². The van der Waals surface area contributed by atoms with Crippen LogP contribution in [-0.2, 0) is 0 Å². The van der Waals surface area contributed by atoms with Crippen molar-refractivity contribution < 1.29 is 0 Å². The Bertz CT molecular complexity index is 310. The standard InChI is InChI=1S/C18H38N4/c1-18(21,17-4-2-3-16(11-17)13-20)22-10-9-14-5-7-15(12-19)8-6-14/h14-17,22H,2-13,19-21H2,1H3. The Kier molecular flexibility index (Phi) is 7.13. The number of hydrogen-bond donors (Lipinski definition) is 4. The smallest absolute Gasteiger partial charge is 0.0661 e. The van der Waals surface area contributed by atoms with Gasteiger partial charge < -0.3 is 17.2 Å². The number of nitrogens with one attached hydrogen (secondary N) is 1. The Hall–Kier alpha value is -0.160. The van der Waals surface area contributed by atoms with E-state index in [1.165, 1.54) is 57.8 Å². The molecule has 130 valence electrons. The van der Waals surface area contributed by atoms with Gasteiger partial charge in [0.25, 0.3) is 0 Å². The third-order valence-electron chi connectivity index (χ3n) is 6.32. The molecule has 0 aromatic rings. The predicted molar refractivity (Wildman–Crippen MR) is 94.2 cm³/mol. The van der Waals surface area contributed by atoms with E-state index in [2.05, 4.69) is 12.2 Å². The highest BCUT2D eigenvalue weighted by atomic mass is 15.1. The molecule has 2 saturated carbocycles. The van der Waals surface area contributed by atoms with Gasteiger partial charge in [0, 0.05) is 0 Å². The molecule has 0 spiro atoms. The molecule has 2 fully saturated rings. The lowest BCUT2D eigenvalue weighted by molar-refractivity contribution is 0.145. The second kappa shape index (κ2) is 8.62. The van der Waals surface area contributed by atoms with Gasteiger partial charge >= 0.3 is 0 Å². The van der Waals surface area contributed by atoms with E-state index in [-0.39, 0.29) is 5.66 Å². The molecule has 22 heavy (non-hydrogen) atoms. The van der Waals surface area contributed by atoms with Crippen LogP contribution in [0.3, 0.4) is 0 Å². The Labute approximate surface area is 137 Å². The lowest BCUT2D eigenvalue weighted by Gasteiger charge is -2.40. The molecule has 0 amide bonds. The fraction of sp³-hybridized carbons (Fsp3) is 1.00. The van der Waals surface area contributed by atoms with Crippen molar-refractivity contribution in [3.63, 3.8) is 0 Å². The summed E-state index contributed by atoms with van der Waals surface area (Å²) in [6.07, 6.45) is 11.6. The molecule has 0 saturated heterocycles. The second-order valence-corrected chi connectivity index (χ2v) is 8.09. The lowest BCUT2D eigenvalue weighted by atomic mass is 9.75. The summed E-state index contributed by atoms with van der Waals surface area (Å²) in [6.45, 7) is 4.92. The van der Waals surface area contributed by atoms with Crippen LogP contribution < -0.4 is 22.5 Å². The Balaban J connectivity index is 1.69. The summed E-state index contributed by atoms with van der Waals surface area (Å²) < 4.78 is 0. The fourth-order valence-electron chi connectivity index (χ4n) is 4.50. The van der Waals surface area contributed by atoms with Crippen molar-refractivity contribution in [3.8, 4) is 0 Å². The van der Waals surface area contributed by atoms with Gasteiger partial charge in [-0.25, -0.2) is 0 Å². The molecular weight excluding hydrogens is 272 g/mol. The molecule has 0 aromatic carbocycles. The molecule has 7 N–H and O–H groups in total. The van der Waals surface area contributed by atoms with Crippen molar-refractivity contribution in [2.45, 2.75) is 70.4 Å². The summed E-state index contributed by atoms with van der Waals surface area (Å²) in [5.41, 5.74) is 18.0. The normalized spacial score (nSPS) is 36.0. The van der Waals surface area contributed by atoms with Crippen LogP contribution in [0.2, 0.25) is 0 Å². The quantitative estimate of drug-likeness (QED) is 0.543. The van der Waals surface area contributed by atoms with Crippen molar-refractivity contribution >= 4 is 0 Å². The maximum atomic E-state index is 6.60. The second-order valence-electron chi connectivity index (χ2n) is 8.09. The molecule has 0 bridgehead atoms. The van der Waals surface area contributed by atoms with E-state index < -0.39 is 0 Å². The van der Waals surface area contributed by atoms with Gasteiger partial charge in [-0.2, -0.15) is 0 Å². The summed E-state index contributed by atoms with van der Waals surface area (Å²) in [7, 11) is 0. The van der Waals surface area contributed by atoms with Crippen LogP contribution in [0.25, 0.3) is 0 Å². The summed E-state index contributed by atoms with van der Waals surface area (Å²) in [4.78, 5) is 0. The van der Waals surface area contributed by atoms with Crippen LogP contribution >= 0.6 is 0 Å². The van der Waals surface area contributed by atoms with Crippen molar-refractivity contribution in [2.75, 3.05) is 19.6 Å². The highest BCUT2D eigenvalue weighted by molar-refractivity contribution is 4.89. The van der Waals surface area contributed by atoms with E-state index in [9.17, 15) is 0 Å². The van der Waals surface area contributed by atoms with Gasteiger partial charge in [-0.3, -0.25) is 5.32 Å². The molecule has 3 atom stereocenters. The third-order valence-corrected chi connectivity index (χ3v) is 6.32. The molecular formula is C18H38N4. The summed E-state index contributed by atoms with van der Waals surface area (Å²) in [6, 6.07) is 0. The van der Waals surface area contributed by atoms with Crippen molar-refractivity contribution in [1.29, 1.82) is 0 Å². The van der Waals surface area contributed by atoms with E-state index >= 15 is 0 Å². The molecule has 3 unspecified atom stereocenters. The zero-order valence-corrected chi connectivity index (χ0v) is 14.5. The van der Waals surface area contributed by atoms with E-state index in [1.807, 2.05) is 0 Å². The van der Waals surface area contributed by atoms with Crippen LogP contribution in [0.1, 0.15) is 64.7 Å². The molecule has 4 nitrogen and oxygen atoms in total. The van der Waals surface area contributed by atoms with Crippen molar-refractivity contribution in [2.24, 2.45) is 40.9 Å². The van der Waals surface area contributed by atoms with Crippen LogP contribution in [0.5, 0.6) is 0 Å². The van der Waals surface area contributed by atoms with Crippen molar-refractivity contribution in [1.82, 2.24) is 5.32 Å². The third kappa shape index (κ3) is 5.19. The maximum absolute atomic E-state index is 6.60. The minimum atomic E-state index is -0.234. The number of rotatable bonds is 7. The van der Waals surface area contributed by atoms with Crippen LogP contribution in [0.4, 0.5) is 0 Å². The number of nitrogens with two attached hydrogens (primary N) is 3. The Morgan fingerprint density at radius 2 is 1.55 bits per heavy atom. The maximum Gasteiger partial charge on any atom is 0.0661 e. The van der Waals surface area contributed by atoms with Gasteiger partial charge in [0.2, 0.25) is 0 Å². The SMILES string of the molecule is CC(N)(NCCC1CCC(CN)CC1)C1CCCC(CN)C1.